The Morgan fingerprint density at radius 1 is 0.829 bits per heavy atom. The number of alkyl halides is 3. The number of anilines is 1. The zero-order chi connectivity index (χ0) is 29.0. The van der Waals surface area contributed by atoms with Crippen molar-refractivity contribution in [2.75, 3.05) is 5.32 Å². The van der Waals surface area contributed by atoms with E-state index in [9.17, 15) is 22.8 Å². The number of nitrogens with one attached hydrogen (secondary N) is 1. The van der Waals surface area contributed by atoms with Crippen LogP contribution in [0.5, 0.6) is 0 Å². The summed E-state index contributed by atoms with van der Waals surface area (Å²) in [4.78, 5) is 28.6. The monoisotopic (exact) mass is 554 g/mol. The first-order chi connectivity index (χ1) is 19.7. The number of aliphatic carboxylic acids is 1. The van der Waals surface area contributed by atoms with Crippen molar-refractivity contribution in [2.45, 2.75) is 25.6 Å². The predicted molar refractivity (Wildman–Crippen MR) is 152 cm³/mol. The predicted octanol–water partition coefficient (Wildman–Crippen LogP) is 7.78. The summed E-state index contributed by atoms with van der Waals surface area (Å²) in [7, 11) is 0. The number of aryl methyl sites for hydroxylation is 1. The highest BCUT2D eigenvalue weighted by molar-refractivity contribution is 6.16. The highest BCUT2D eigenvalue weighted by atomic mass is 19.4. The normalized spacial score (nSPS) is 11.4. The summed E-state index contributed by atoms with van der Waals surface area (Å²) in [6, 6.07) is 27.2. The molecule has 0 atom stereocenters. The number of rotatable bonds is 9. The summed E-state index contributed by atoms with van der Waals surface area (Å²) in [6.45, 7) is 0.398. The molecular formula is C33H25F3N2O3. The number of carboxylic acid groups (broad SMARTS) is 1. The molecule has 0 aliphatic rings. The maximum absolute atomic E-state index is 13.9. The molecule has 206 valence electrons. The van der Waals surface area contributed by atoms with Crippen LogP contribution in [0.1, 0.15) is 39.0 Å². The molecule has 41 heavy (non-hydrogen) atoms. The van der Waals surface area contributed by atoms with Crippen LogP contribution in [0, 0.1) is 0 Å². The van der Waals surface area contributed by atoms with Crippen molar-refractivity contribution in [1.29, 1.82) is 0 Å². The average molecular weight is 555 g/mol. The lowest BCUT2D eigenvalue weighted by Crippen LogP contribution is -2.09. The van der Waals surface area contributed by atoms with Gasteiger partial charge in [-0.15, -0.1) is 0 Å². The topological polar surface area (TPSA) is 79.3 Å². The van der Waals surface area contributed by atoms with Gasteiger partial charge in [0.05, 0.1) is 11.1 Å². The smallest absolute Gasteiger partial charge is 0.418 e. The van der Waals surface area contributed by atoms with Crippen molar-refractivity contribution in [1.82, 2.24) is 4.98 Å². The fourth-order valence-electron chi connectivity index (χ4n) is 4.81. The minimum atomic E-state index is -4.61. The average Bonchev–Trinajstić information content (AvgIpc) is 2.98. The van der Waals surface area contributed by atoms with Gasteiger partial charge in [-0.25, -0.2) is 0 Å². The first-order valence-corrected chi connectivity index (χ1v) is 12.9. The Kier molecular flexibility index (Phi) is 7.83. The number of fused-ring (bicyclic) bond motifs is 1. The van der Waals surface area contributed by atoms with Gasteiger partial charge in [-0.2, -0.15) is 13.2 Å². The summed E-state index contributed by atoms with van der Waals surface area (Å²) in [6.07, 6.45) is -2.94. The third kappa shape index (κ3) is 6.27. The molecule has 5 rings (SSSR count). The van der Waals surface area contributed by atoms with Gasteiger partial charge in [0, 0.05) is 46.9 Å². The number of hydrogen-bond donors (Lipinski definition) is 2. The number of pyridine rings is 1. The van der Waals surface area contributed by atoms with E-state index in [1.54, 1.807) is 48.5 Å². The second-order valence-electron chi connectivity index (χ2n) is 9.59. The lowest BCUT2D eigenvalue weighted by Gasteiger charge is -2.16. The molecule has 0 amide bonds. The molecule has 0 aliphatic carbocycles. The molecule has 0 aliphatic heterocycles. The Hall–Kier alpha value is -4.98. The minimum absolute atomic E-state index is 0.0332. The van der Waals surface area contributed by atoms with Crippen LogP contribution in [-0.4, -0.2) is 21.8 Å². The number of halogens is 3. The molecule has 1 heterocycles. The van der Waals surface area contributed by atoms with E-state index in [1.807, 2.05) is 36.4 Å². The van der Waals surface area contributed by atoms with Crippen molar-refractivity contribution in [3.05, 3.63) is 131 Å². The van der Waals surface area contributed by atoms with Gasteiger partial charge >= 0.3 is 12.1 Å². The third-order valence-corrected chi connectivity index (χ3v) is 6.75. The molecule has 0 unspecified atom stereocenters. The van der Waals surface area contributed by atoms with Crippen molar-refractivity contribution in [2.24, 2.45) is 0 Å². The van der Waals surface area contributed by atoms with Crippen LogP contribution in [0.15, 0.2) is 103 Å². The van der Waals surface area contributed by atoms with Gasteiger partial charge in [0.25, 0.3) is 0 Å². The Balaban J connectivity index is 1.55. The number of benzene rings is 4. The summed E-state index contributed by atoms with van der Waals surface area (Å²) in [5.41, 5.74) is 3.03. The van der Waals surface area contributed by atoms with Gasteiger partial charge in [-0.3, -0.25) is 14.6 Å². The molecule has 5 nitrogen and oxygen atoms in total. The Labute approximate surface area is 234 Å². The molecule has 2 N–H and O–H groups in total. The SMILES string of the molecule is O=C(O)CCc1cccc(NCc2cccc(-c3c(C(=O)c4ccccc4)cnc4c(C(F)(F)F)cccc34)c2)c1. The van der Waals surface area contributed by atoms with Gasteiger partial charge in [0.15, 0.2) is 5.78 Å². The van der Waals surface area contributed by atoms with E-state index < -0.39 is 17.7 Å². The molecule has 8 heteroatoms. The van der Waals surface area contributed by atoms with Gasteiger partial charge in [0.2, 0.25) is 0 Å². The second-order valence-corrected chi connectivity index (χ2v) is 9.59. The number of para-hydroxylation sites is 1. The number of carbonyl (C=O) groups excluding carboxylic acids is 1. The molecule has 0 spiro atoms. The molecule has 0 bridgehead atoms. The van der Waals surface area contributed by atoms with Crippen molar-refractivity contribution in [3.63, 3.8) is 0 Å². The van der Waals surface area contributed by atoms with E-state index >= 15 is 0 Å². The zero-order valence-corrected chi connectivity index (χ0v) is 21.8. The highest BCUT2D eigenvalue weighted by Gasteiger charge is 2.34. The molecule has 4 aromatic carbocycles. The minimum Gasteiger partial charge on any atom is -0.481 e. The second kappa shape index (κ2) is 11.6. The standard InChI is InChI=1S/C33H25F3N2O3/c34-33(35,36)28-14-6-13-26-30(27(20-38-31(26)28)32(41)23-9-2-1-3-10-23)24-11-4-8-22(17-24)19-37-25-12-5-7-21(18-25)15-16-29(39)40/h1-14,17-18,20,37H,15-16,19H2,(H,39,40). The number of nitrogens with zero attached hydrogens (tertiary/aromatic N) is 1. The van der Waals surface area contributed by atoms with Gasteiger partial charge in [-0.1, -0.05) is 72.8 Å². The lowest BCUT2D eigenvalue weighted by molar-refractivity contribution is -0.137. The van der Waals surface area contributed by atoms with E-state index in [1.165, 1.54) is 12.3 Å². The first-order valence-electron chi connectivity index (χ1n) is 12.9. The number of carboxylic acids is 1. The van der Waals surface area contributed by atoms with Crippen LogP contribution >= 0.6 is 0 Å². The largest absolute Gasteiger partial charge is 0.481 e. The van der Waals surface area contributed by atoms with E-state index in [2.05, 4.69) is 10.3 Å². The number of hydrogen-bond acceptors (Lipinski definition) is 4. The summed E-state index contributed by atoms with van der Waals surface area (Å²) in [5.74, 6) is -1.20. The van der Waals surface area contributed by atoms with Crippen molar-refractivity contribution in [3.8, 4) is 11.1 Å². The van der Waals surface area contributed by atoms with Crippen LogP contribution in [-0.2, 0) is 23.9 Å². The fraction of sp³-hybridized carbons (Fsp3) is 0.121. The molecule has 1 aromatic heterocycles. The summed E-state index contributed by atoms with van der Waals surface area (Å²) in [5, 5.41) is 12.5. The van der Waals surface area contributed by atoms with E-state index in [0.29, 0.717) is 29.7 Å². The van der Waals surface area contributed by atoms with Crippen molar-refractivity contribution >= 4 is 28.3 Å². The molecule has 5 aromatic rings. The Morgan fingerprint density at radius 3 is 2.32 bits per heavy atom. The Morgan fingerprint density at radius 2 is 1.56 bits per heavy atom. The van der Waals surface area contributed by atoms with E-state index in [4.69, 9.17) is 5.11 Å². The maximum atomic E-state index is 13.9. The molecule has 0 radical (unpaired) electrons. The van der Waals surface area contributed by atoms with E-state index in [-0.39, 0.29) is 28.7 Å². The van der Waals surface area contributed by atoms with Crippen LogP contribution in [0.4, 0.5) is 18.9 Å². The zero-order valence-electron chi connectivity index (χ0n) is 21.8. The molecule has 0 saturated carbocycles. The van der Waals surface area contributed by atoms with E-state index in [0.717, 1.165) is 22.9 Å². The summed E-state index contributed by atoms with van der Waals surface area (Å²) < 4.78 is 41.6. The molecule has 0 saturated heterocycles. The first kappa shape index (κ1) is 27.6. The maximum Gasteiger partial charge on any atom is 0.418 e. The lowest BCUT2D eigenvalue weighted by atomic mass is 9.90. The Bertz CT molecular complexity index is 1730. The quantitative estimate of drug-likeness (QED) is 0.182. The van der Waals surface area contributed by atoms with Gasteiger partial charge in [-0.05, 0) is 47.4 Å². The number of carbonyl (C=O) groups is 2. The van der Waals surface area contributed by atoms with Crippen molar-refractivity contribution < 1.29 is 27.9 Å². The van der Waals surface area contributed by atoms with Crippen LogP contribution in [0.3, 0.4) is 0 Å². The molecule has 0 fully saturated rings. The molecular weight excluding hydrogens is 529 g/mol. The number of ketones is 1. The highest BCUT2D eigenvalue weighted by Crippen LogP contribution is 2.39. The van der Waals surface area contributed by atoms with Crippen LogP contribution < -0.4 is 5.32 Å². The van der Waals surface area contributed by atoms with Crippen LogP contribution in [0.2, 0.25) is 0 Å². The summed E-state index contributed by atoms with van der Waals surface area (Å²) >= 11 is 0. The van der Waals surface area contributed by atoms with Crippen LogP contribution in [0.25, 0.3) is 22.0 Å². The fourth-order valence-corrected chi connectivity index (χ4v) is 4.81. The van der Waals surface area contributed by atoms with Gasteiger partial charge < -0.3 is 10.4 Å². The number of aromatic nitrogens is 1. The van der Waals surface area contributed by atoms with Gasteiger partial charge in [0.1, 0.15) is 0 Å². The third-order valence-electron chi connectivity index (χ3n) is 6.75.